The fraction of sp³-hybridized carbons (Fsp3) is 0.455. The average molecular weight is 346 g/mol. The first kappa shape index (κ1) is 14.5. The van der Waals surface area contributed by atoms with E-state index in [9.17, 15) is 19.2 Å². The molecule has 20 heavy (non-hydrogen) atoms. The molecule has 0 saturated carbocycles. The number of hydrogen-bond acceptors (Lipinski definition) is 4. The molecule has 0 spiro atoms. The van der Waals surface area contributed by atoms with E-state index in [1.807, 2.05) is 0 Å². The van der Waals surface area contributed by atoms with Gasteiger partial charge in [-0.15, -0.1) is 0 Å². The van der Waals surface area contributed by atoms with Gasteiger partial charge in [0.25, 0.3) is 5.56 Å². The Labute approximate surface area is 121 Å². The first-order chi connectivity index (χ1) is 9.40. The van der Waals surface area contributed by atoms with Gasteiger partial charge in [0.05, 0.1) is 4.47 Å². The highest BCUT2D eigenvalue weighted by molar-refractivity contribution is 9.10. The maximum atomic E-state index is 12.1. The number of carbonyl (C=O) groups excluding carboxylic acids is 1. The van der Waals surface area contributed by atoms with E-state index >= 15 is 0 Å². The summed E-state index contributed by atoms with van der Waals surface area (Å²) >= 11 is 2.97. The molecule has 1 fully saturated rings. The number of halogens is 1. The average Bonchev–Trinajstić information content (AvgIpc) is 2.85. The summed E-state index contributed by atoms with van der Waals surface area (Å²) in [5, 5.41) is 9.02. The Bertz CT molecular complexity index is 665. The molecule has 1 aliphatic rings. The molecule has 1 atom stereocenters. The van der Waals surface area contributed by atoms with Gasteiger partial charge in [0.15, 0.2) is 0 Å². The van der Waals surface area contributed by atoms with Gasteiger partial charge in [-0.3, -0.25) is 19.1 Å². The first-order valence-corrected chi connectivity index (χ1v) is 6.71. The number of likely N-dealkylation sites (tertiary alicyclic amines) is 1. The van der Waals surface area contributed by atoms with Crippen molar-refractivity contribution in [2.24, 2.45) is 0 Å². The standard InChI is InChI=1S/C11H12BrN3O5/c12-6-4-14(11(20)13-9(6)17)5-8(16)15-3-1-2-7(15)10(18)19/h4,7H,1-3,5H2,(H,18,19)(H,13,17,20)/t7-/m1/s1. The van der Waals surface area contributed by atoms with Crippen molar-refractivity contribution < 1.29 is 14.7 Å². The molecule has 0 radical (unpaired) electrons. The lowest BCUT2D eigenvalue weighted by molar-refractivity contribution is -0.148. The van der Waals surface area contributed by atoms with Crippen molar-refractivity contribution in [3.63, 3.8) is 0 Å². The van der Waals surface area contributed by atoms with Crippen LogP contribution >= 0.6 is 15.9 Å². The number of carbonyl (C=O) groups is 2. The summed E-state index contributed by atoms with van der Waals surface area (Å²) in [6.45, 7) is 0.0487. The molecule has 0 aromatic carbocycles. The Morgan fingerprint density at radius 2 is 2.15 bits per heavy atom. The number of nitrogens with zero attached hydrogens (tertiary/aromatic N) is 2. The molecule has 0 unspecified atom stereocenters. The quantitative estimate of drug-likeness (QED) is 0.757. The van der Waals surface area contributed by atoms with E-state index in [2.05, 4.69) is 20.9 Å². The van der Waals surface area contributed by atoms with Gasteiger partial charge in [0.2, 0.25) is 5.91 Å². The Morgan fingerprint density at radius 1 is 1.45 bits per heavy atom. The Hall–Kier alpha value is -1.90. The molecule has 1 saturated heterocycles. The zero-order valence-corrected chi connectivity index (χ0v) is 11.9. The molecular weight excluding hydrogens is 334 g/mol. The van der Waals surface area contributed by atoms with Crippen molar-refractivity contribution in [2.75, 3.05) is 6.54 Å². The third kappa shape index (κ3) is 2.82. The Balaban J connectivity index is 2.20. The largest absolute Gasteiger partial charge is 0.480 e. The third-order valence-electron chi connectivity index (χ3n) is 3.13. The van der Waals surface area contributed by atoms with Crippen molar-refractivity contribution in [2.45, 2.75) is 25.4 Å². The number of carboxylic acid groups (broad SMARTS) is 1. The topological polar surface area (TPSA) is 112 Å². The molecule has 2 heterocycles. The normalized spacial score (nSPS) is 18.2. The van der Waals surface area contributed by atoms with Gasteiger partial charge in [0.1, 0.15) is 12.6 Å². The molecule has 1 aliphatic heterocycles. The molecule has 0 bridgehead atoms. The SMILES string of the molecule is O=C(O)[C@H]1CCCN1C(=O)Cn1cc(Br)c(=O)[nH]c1=O. The maximum Gasteiger partial charge on any atom is 0.328 e. The predicted octanol–water partition coefficient (Wildman–Crippen LogP) is -0.625. The Kier molecular flexibility index (Phi) is 4.07. The van der Waals surface area contributed by atoms with E-state index < -0.39 is 29.2 Å². The van der Waals surface area contributed by atoms with Gasteiger partial charge in [0, 0.05) is 12.7 Å². The molecule has 0 aliphatic carbocycles. The van der Waals surface area contributed by atoms with Crippen LogP contribution in [0.3, 0.4) is 0 Å². The van der Waals surface area contributed by atoms with Crippen LogP contribution < -0.4 is 11.2 Å². The number of amides is 1. The first-order valence-electron chi connectivity index (χ1n) is 5.91. The molecule has 8 nitrogen and oxygen atoms in total. The molecule has 108 valence electrons. The highest BCUT2D eigenvalue weighted by atomic mass is 79.9. The highest BCUT2D eigenvalue weighted by Gasteiger charge is 2.33. The summed E-state index contributed by atoms with van der Waals surface area (Å²) in [4.78, 5) is 49.1. The molecular formula is C11H12BrN3O5. The molecule has 2 rings (SSSR count). The lowest BCUT2D eigenvalue weighted by atomic mass is 10.2. The van der Waals surface area contributed by atoms with E-state index in [-0.39, 0.29) is 11.0 Å². The minimum atomic E-state index is -1.05. The molecule has 1 aromatic rings. The van der Waals surface area contributed by atoms with Crippen LogP contribution in [0.15, 0.2) is 20.3 Å². The number of H-pyrrole nitrogens is 1. The van der Waals surface area contributed by atoms with Crippen LogP contribution in [-0.4, -0.2) is 44.0 Å². The fourth-order valence-corrected chi connectivity index (χ4v) is 2.50. The van der Waals surface area contributed by atoms with Gasteiger partial charge < -0.3 is 10.0 Å². The van der Waals surface area contributed by atoms with E-state index in [1.165, 1.54) is 11.1 Å². The van der Waals surface area contributed by atoms with E-state index in [1.54, 1.807) is 0 Å². The minimum Gasteiger partial charge on any atom is -0.480 e. The summed E-state index contributed by atoms with van der Waals surface area (Å²) in [5.74, 6) is -1.51. The van der Waals surface area contributed by atoms with Crippen LogP contribution in [0, 0.1) is 0 Å². The fourth-order valence-electron chi connectivity index (χ4n) is 2.16. The number of hydrogen-bond donors (Lipinski definition) is 2. The zero-order chi connectivity index (χ0) is 14.9. The van der Waals surface area contributed by atoms with E-state index in [0.29, 0.717) is 19.4 Å². The minimum absolute atomic E-state index is 0.126. The second-order valence-electron chi connectivity index (χ2n) is 4.45. The Morgan fingerprint density at radius 3 is 2.80 bits per heavy atom. The van der Waals surface area contributed by atoms with Gasteiger partial charge in [-0.1, -0.05) is 0 Å². The molecule has 1 aromatic heterocycles. The van der Waals surface area contributed by atoms with E-state index in [0.717, 1.165) is 4.57 Å². The molecule has 9 heteroatoms. The summed E-state index contributed by atoms with van der Waals surface area (Å²) in [6.07, 6.45) is 2.24. The number of aromatic nitrogens is 2. The van der Waals surface area contributed by atoms with Crippen molar-refractivity contribution in [3.8, 4) is 0 Å². The summed E-state index contributed by atoms with van der Waals surface area (Å²) in [7, 11) is 0. The van der Waals surface area contributed by atoms with Crippen LogP contribution in [0.4, 0.5) is 0 Å². The molecule has 1 amide bonds. The van der Waals surface area contributed by atoms with Crippen LogP contribution in [0.1, 0.15) is 12.8 Å². The second-order valence-corrected chi connectivity index (χ2v) is 5.30. The van der Waals surface area contributed by atoms with Crippen LogP contribution in [0.25, 0.3) is 0 Å². The van der Waals surface area contributed by atoms with Crippen LogP contribution in [0.5, 0.6) is 0 Å². The van der Waals surface area contributed by atoms with Crippen molar-refractivity contribution >= 4 is 27.8 Å². The number of carboxylic acids is 1. The van der Waals surface area contributed by atoms with E-state index in [4.69, 9.17) is 5.11 Å². The predicted molar refractivity (Wildman–Crippen MR) is 71.4 cm³/mol. The van der Waals surface area contributed by atoms with Gasteiger partial charge in [-0.2, -0.15) is 0 Å². The highest BCUT2D eigenvalue weighted by Crippen LogP contribution is 2.17. The number of nitrogens with one attached hydrogen (secondary N) is 1. The molecule has 2 N–H and O–H groups in total. The van der Waals surface area contributed by atoms with Gasteiger partial charge in [-0.05, 0) is 28.8 Å². The third-order valence-corrected chi connectivity index (χ3v) is 3.70. The lowest BCUT2D eigenvalue weighted by Gasteiger charge is -2.21. The summed E-state index contributed by atoms with van der Waals surface area (Å²) in [6, 6.07) is -0.843. The smallest absolute Gasteiger partial charge is 0.328 e. The summed E-state index contributed by atoms with van der Waals surface area (Å²) < 4.78 is 1.16. The van der Waals surface area contributed by atoms with Crippen molar-refractivity contribution in [1.29, 1.82) is 0 Å². The number of rotatable bonds is 3. The van der Waals surface area contributed by atoms with Crippen molar-refractivity contribution in [1.82, 2.24) is 14.5 Å². The van der Waals surface area contributed by atoms with Gasteiger partial charge in [-0.25, -0.2) is 9.59 Å². The second kappa shape index (κ2) is 5.61. The monoisotopic (exact) mass is 345 g/mol. The van der Waals surface area contributed by atoms with Gasteiger partial charge >= 0.3 is 11.7 Å². The number of aliphatic carboxylic acids is 1. The lowest BCUT2D eigenvalue weighted by Crippen LogP contribution is -2.43. The zero-order valence-electron chi connectivity index (χ0n) is 10.3. The van der Waals surface area contributed by atoms with Crippen LogP contribution in [0.2, 0.25) is 0 Å². The number of aromatic amines is 1. The summed E-state index contributed by atoms with van der Waals surface area (Å²) in [5.41, 5.74) is -1.29. The maximum absolute atomic E-state index is 12.1. The van der Waals surface area contributed by atoms with Crippen LogP contribution in [-0.2, 0) is 16.1 Å². The van der Waals surface area contributed by atoms with Crippen molar-refractivity contribution in [3.05, 3.63) is 31.5 Å².